The zero-order valence-electron chi connectivity index (χ0n) is 21.3. The molecule has 10 heteroatoms. The molecule has 0 saturated carbocycles. The van der Waals surface area contributed by atoms with Crippen LogP contribution in [0.4, 0.5) is 11.4 Å². The number of likely N-dealkylation sites (tertiary alicyclic amines) is 1. The fourth-order valence-electron chi connectivity index (χ4n) is 5.21. The van der Waals surface area contributed by atoms with Gasteiger partial charge in [0.15, 0.2) is 5.69 Å². The number of amides is 1. The summed E-state index contributed by atoms with van der Waals surface area (Å²) in [6.45, 7) is 5.56. The fraction of sp³-hybridized carbons (Fsp3) is 0.370. The molecule has 1 saturated heterocycles. The molecule has 1 amide bonds. The van der Waals surface area contributed by atoms with Crippen LogP contribution in [-0.4, -0.2) is 47.1 Å². The van der Waals surface area contributed by atoms with Crippen LogP contribution >= 0.6 is 0 Å². The third-order valence-corrected chi connectivity index (χ3v) is 6.90. The number of nitro groups is 1. The highest BCUT2D eigenvalue weighted by molar-refractivity contribution is 5.99. The smallest absolute Gasteiger partial charge is 0.334 e. The van der Waals surface area contributed by atoms with Gasteiger partial charge in [0, 0.05) is 32.2 Å². The Morgan fingerprint density at radius 1 is 1.27 bits per heavy atom. The Labute approximate surface area is 214 Å². The number of nitrogens with zero attached hydrogens (tertiary/aromatic N) is 3. The van der Waals surface area contributed by atoms with Gasteiger partial charge in [0.1, 0.15) is 0 Å². The number of esters is 1. The van der Waals surface area contributed by atoms with Crippen LogP contribution in [-0.2, 0) is 32.7 Å². The maximum absolute atomic E-state index is 14.5. The number of carbonyl (C=O) groups excluding carboxylic acids is 2. The summed E-state index contributed by atoms with van der Waals surface area (Å²) < 4.78 is 10.9. The van der Waals surface area contributed by atoms with Crippen LogP contribution in [0, 0.1) is 29.9 Å². The second-order valence-electron chi connectivity index (χ2n) is 9.22. The van der Waals surface area contributed by atoms with Crippen molar-refractivity contribution in [1.82, 2.24) is 10.1 Å². The van der Waals surface area contributed by atoms with Crippen molar-refractivity contribution < 1.29 is 23.8 Å². The summed E-state index contributed by atoms with van der Waals surface area (Å²) in [5.74, 6) is -1.88. The second-order valence-corrected chi connectivity index (χ2v) is 9.22. The van der Waals surface area contributed by atoms with E-state index in [9.17, 15) is 19.7 Å². The zero-order valence-corrected chi connectivity index (χ0v) is 21.3. The molecule has 1 aliphatic heterocycles. The third-order valence-electron chi connectivity index (χ3n) is 6.90. The van der Waals surface area contributed by atoms with E-state index in [2.05, 4.69) is 10.5 Å². The lowest BCUT2D eigenvalue weighted by Crippen LogP contribution is -2.46. The van der Waals surface area contributed by atoms with E-state index in [4.69, 9.17) is 9.26 Å². The monoisotopic (exact) mass is 506 g/mol. The first-order chi connectivity index (χ1) is 17.7. The van der Waals surface area contributed by atoms with E-state index >= 15 is 0 Å². The van der Waals surface area contributed by atoms with Crippen molar-refractivity contribution in [1.29, 1.82) is 0 Å². The van der Waals surface area contributed by atoms with Gasteiger partial charge in [0.25, 0.3) is 0 Å². The van der Waals surface area contributed by atoms with E-state index < -0.39 is 22.2 Å². The Kier molecular flexibility index (Phi) is 7.28. The highest BCUT2D eigenvalue weighted by Gasteiger charge is 2.60. The molecular formula is C27H30N4O6. The first-order valence-electron chi connectivity index (χ1n) is 12.1. The van der Waals surface area contributed by atoms with E-state index in [1.807, 2.05) is 55.5 Å². The molecule has 10 nitrogen and oxygen atoms in total. The predicted octanol–water partition coefficient (Wildman–Crippen LogP) is 3.94. The van der Waals surface area contributed by atoms with Gasteiger partial charge >= 0.3 is 11.7 Å². The summed E-state index contributed by atoms with van der Waals surface area (Å²) in [7, 11) is 1.73. The summed E-state index contributed by atoms with van der Waals surface area (Å²) in [4.78, 5) is 40.9. The van der Waals surface area contributed by atoms with Crippen LogP contribution in [0.25, 0.3) is 0 Å². The Hall–Kier alpha value is -4.21. The number of aryl methyl sites for hydroxylation is 2. The molecule has 2 heterocycles. The van der Waals surface area contributed by atoms with Crippen LogP contribution in [0.3, 0.4) is 0 Å². The number of nitrogens with one attached hydrogen (secondary N) is 1. The lowest BCUT2D eigenvalue weighted by Gasteiger charge is -2.33. The van der Waals surface area contributed by atoms with E-state index in [1.54, 1.807) is 18.9 Å². The first kappa shape index (κ1) is 25.9. The van der Waals surface area contributed by atoms with Crippen LogP contribution in [0.2, 0.25) is 0 Å². The molecule has 0 spiro atoms. The fourth-order valence-corrected chi connectivity index (χ4v) is 5.21. The number of benzene rings is 2. The van der Waals surface area contributed by atoms with E-state index in [0.717, 1.165) is 11.1 Å². The van der Waals surface area contributed by atoms with Crippen molar-refractivity contribution in [2.24, 2.45) is 5.92 Å². The molecule has 0 radical (unpaired) electrons. The standard InChI is InChI=1S/C27H30N4O6/c1-5-36-25(32)21-16-30(15-19-9-7-6-8-10-19)26(33)27(21,20-13-17(2)11-12-22(20)28-4)14-23-24(31(34)35)18(3)29-37-23/h6-13,21,28H,5,14-16H2,1-4H3. The maximum atomic E-state index is 14.5. The van der Waals surface area contributed by atoms with Crippen molar-refractivity contribution >= 4 is 23.3 Å². The highest BCUT2D eigenvalue weighted by Crippen LogP contribution is 2.48. The summed E-state index contributed by atoms with van der Waals surface area (Å²) in [6.07, 6.45) is -0.226. The van der Waals surface area contributed by atoms with Gasteiger partial charge in [-0.1, -0.05) is 53.2 Å². The lowest BCUT2D eigenvalue weighted by atomic mass is 9.68. The Balaban J connectivity index is 1.96. The number of aromatic nitrogens is 1. The molecule has 2 aromatic carbocycles. The normalized spacial score (nSPS) is 19.2. The Morgan fingerprint density at radius 3 is 2.65 bits per heavy atom. The largest absolute Gasteiger partial charge is 0.466 e. The maximum Gasteiger partial charge on any atom is 0.334 e. The van der Waals surface area contributed by atoms with Crippen molar-refractivity contribution in [3.05, 3.63) is 86.8 Å². The molecule has 2 unspecified atom stereocenters. The highest BCUT2D eigenvalue weighted by atomic mass is 16.6. The van der Waals surface area contributed by atoms with Gasteiger partial charge in [-0.05, 0) is 38.0 Å². The molecule has 1 aromatic heterocycles. The second kappa shape index (κ2) is 10.4. The molecule has 0 bridgehead atoms. The summed E-state index contributed by atoms with van der Waals surface area (Å²) >= 11 is 0. The first-order valence-corrected chi connectivity index (χ1v) is 12.1. The van der Waals surface area contributed by atoms with Crippen LogP contribution in [0.1, 0.15) is 35.1 Å². The number of hydrogen-bond acceptors (Lipinski definition) is 8. The SMILES string of the molecule is CCOC(=O)C1CN(Cc2ccccc2)C(=O)C1(Cc1onc(C)c1[N+](=O)[O-])c1cc(C)ccc1NC. The van der Waals surface area contributed by atoms with Crippen molar-refractivity contribution in [2.45, 2.75) is 39.2 Å². The Morgan fingerprint density at radius 2 is 2.00 bits per heavy atom. The lowest BCUT2D eigenvalue weighted by molar-refractivity contribution is -0.386. The number of carbonyl (C=O) groups is 2. The van der Waals surface area contributed by atoms with E-state index in [-0.39, 0.29) is 49.2 Å². The van der Waals surface area contributed by atoms with E-state index in [0.29, 0.717) is 11.3 Å². The van der Waals surface area contributed by atoms with E-state index in [1.165, 1.54) is 6.92 Å². The number of anilines is 1. The molecule has 0 aliphatic carbocycles. The molecule has 3 aromatic rings. The molecule has 1 aliphatic rings. The molecule has 37 heavy (non-hydrogen) atoms. The quantitative estimate of drug-likeness (QED) is 0.263. The van der Waals surface area contributed by atoms with Gasteiger partial charge in [0.05, 0.1) is 22.9 Å². The van der Waals surface area contributed by atoms with Gasteiger partial charge in [-0.3, -0.25) is 19.7 Å². The molecule has 1 N–H and O–H groups in total. The van der Waals surface area contributed by atoms with Gasteiger partial charge in [0.2, 0.25) is 11.7 Å². The molecular weight excluding hydrogens is 476 g/mol. The molecule has 194 valence electrons. The average molecular weight is 507 g/mol. The number of rotatable bonds is 9. The number of hydrogen-bond donors (Lipinski definition) is 1. The van der Waals surface area contributed by atoms with Crippen LogP contribution in [0.15, 0.2) is 53.1 Å². The van der Waals surface area contributed by atoms with Crippen molar-refractivity contribution in [3.63, 3.8) is 0 Å². The minimum atomic E-state index is -1.53. The summed E-state index contributed by atoms with van der Waals surface area (Å²) in [5, 5.41) is 18.8. The van der Waals surface area contributed by atoms with Crippen molar-refractivity contribution in [3.8, 4) is 0 Å². The van der Waals surface area contributed by atoms with Gasteiger partial charge in [-0.25, -0.2) is 0 Å². The molecule has 4 rings (SSSR count). The summed E-state index contributed by atoms with van der Waals surface area (Å²) in [5.41, 5.74) is 1.23. The zero-order chi connectivity index (χ0) is 26.7. The number of ether oxygens (including phenoxy) is 1. The van der Waals surface area contributed by atoms with Crippen molar-refractivity contribution in [2.75, 3.05) is 25.5 Å². The van der Waals surface area contributed by atoms with Gasteiger partial charge in [-0.2, -0.15) is 0 Å². The predicted molar refractivity (Wildman–Crippen MR) is 136 cm³/mol. The minimum Gasteiger partial charge on any atom is -0.466 e. The average Bonchev–Trinajstić information content (AvgIpc) is 3.37. The van der Waals surface area contributed by atoms with Crippen LogP contribution in [0.5, 0.6) is 0 Å². The molecule has 2 atom stereocenters. The van der Waals surface area contributed by atoms with Gasteiger partial charge in [-0.15, -0.1) is 0 Å². The third kappa shape index (κ3) is 4.66. The minimum absolute atomic E-state index is 0.0599. The van der Waals surface area contributed by atoms with Crippen LogP contribution < -0.4 is 5.32 Å². The van der Waals surface area contributed by atoms with Gasteiger partial charge < -0.3 is 19.5 Å². The molecule has 1 fully saturated rings. The topological polar surface area (TPSA) is 128 Å². The Bertz CT molecular complexity index is 1320. The summed E-state index contributed by atoms with van der Waals surface area (Å²) in [6, 6.07) is 15.0.